The van der Waals surface area contributed by atoms with Crippen LogP contribution < -0.4 is 0 Å². The van der Waals surface area contributed by atoms with Crippen LogP contribution in [-0.4, -0.2) is 56.5 Å². The molecular weight excluding hydrogens is 251 g/mol. The third kappa shape index (κ3) is 5.22. The van der Waals surface area contributed by atoms with E-state index in [1.807, 2.05) is 4.90 Å². The van der Waals surface area contributed by atoms with E-state index in [4.69, 9.17) is 0 Å². The summed E-state index contributed by atoms with van der Waals surface area (Å²) in [7, 11) is 1.34. The van der Waals surface area contributed by atoms with Crippen LogP contribution in [0.1, 0.15) is 19.3 Å². The van der Waals surface area contributed by atoms with Gasteiger partial charge in [0.05, 0.1) is 7.11 Å². The molecule has 0 aromatic rings. The quantitative estimate of drug-likeness (QED) is 0.542. The van der Waals surface area contributed by atoms with Gasteiger partial charge in [-0.2, -0.15) is 13.2 Å². The first-order valence-corrected chi connectivity index (χ1v) is 5.90. The average Bonchev–Trinajstić information content (AvgIpc) is 2.74. The van der Waals surface area contributed by atoms with Crippen LogP contribution in [0, 0.1) is 0 Å². The van der Waals surface area contributed by atoms with Crippen molar-refractivity contribution in [2.24, 2.45) is 0 Å². The molecule has 0 aromatic heterocycles. The summed E-state index contributed by atoms with van der Waals surface area (Å²) in [6, 6.07) is -0.252. The number of hydrogen-bond acceptors (Lipinski definition) is 4. The molecule has 0 N–H and O–H groups in total. The molecule has 1 rings (SSSR count). The van der Waals surface area contributed by atoms with Gasteiger partial charge in [-0.05, 0) is 25.8 Å². The molecule has 0 radical (unpaired) electrons. The Kier molecular flexibility index (Phi) is 5.87. The maximum Gasteiger partial charge on any atom is 0.411 e. The number of halogens is 3. The van der Waals surface area contributed by atoms with E-state index in [0.29, 0.717) is 13.0 Å². The van der Waals surface area contributed by atoms with Crippen molar-refractivity contribution in [2.75, 3.05) is 33.4 Å². The van der Waals surface area contributed by atoms with E-state index in [2.05, 4.69) is 9.47 Å². The first-order chi connectivity index (χ1) is 8.44. The van der Waals surface area contributed by atoms with Crippen LogP contribution in [0.3, 0.4) is 0 Å². The Balaban J connectivity index is 2.17. The predicted octanol–water partition coefficient (Wildman–Crippen LogP) is 1.59. The summed E-state index contributed by atoms with van der Waals surface area (Å²) in [5.41, 5.74) is 0. The average molecular weight is 269 g/mol. The van der Waals surface area contributed by atoms with Crippen LogP contribution in [0.5, 0.6) is 0 Å². The summed E-state index contributed by atoms with van der Waals surface area (Å²) in [4.78, 5) is 13.3. The Morgan fingerprint density at radius 3 is 2.78 bits per heavy atom. The Labute approximate surface area is 104 Å². The molecule has 0 aromatic carbocycles. The zero-order chi connectivity index (χ0) is 13.6. The summed E-state index contributed by atoms with van der Waals surface area (Å²) >= 11 is 0. The minimum atomic E-state index is -4.28. The van der Waals surface area contributed by atoms with Crippen LogP contribution in [0.2, 0.25) is 0 Å². The Hall–Kier alpha value is -0.820. The molecule has 0 aliphatic carbocycles. The van der Waals surface area contributed by atoms with Gasteiger partial charge in [0.1, 0.15) is 12.6 Å². The van der Waals surface area contributed by atoms with Crippen LogP contribution in [0.4, 0.5) is 13.2 Å². The van der Waals surface area contributed by atoms with Gasteiger partial charge in [0.2, 0.25) is 0 Å². The van der Waals surface area contributed by atoms with Crippen molar-refractivity contribution in [1.29, 1.82) is 0 Å². The van der Waals surface area contributed by atoms with Gasteiger partial charge in [0.15, 0.2) is 0 Å². The van der Waals surface area contributed by atoms with Gasteiger partial charge in [0, 0.05) is 13.2 Å². The third-order valence-electron chi connectivity index (χ3n) is 2.84. The van der Waals surface area contributed by atoms with E-state index in [0.717, 1.165) is 19.4 Å². The predicted molar refractivity (Wildman–Crippen MR) is 58.1 cm³/mol. The fourth-order valence-corrected chi connectivity index (χ4v) is 2.05. The Morgan fingerprint density at radius 2 is 2.17 bits per heavy atom. The van der Waals surface area contributed by atoms with Crippen LogP contribution in [0.25, 0.3) is 0 Å². The molecule has 0 amide bonds. The summed E-state index contributed by atoms with van der Waals surface area (Å²) in [6.45, 7) is 0.161. The summed E-state index contributed by atoms with van der Waals surface area (Å²) in [5.74, 6) is -0.274. The molecule has 7 heteroatoms. The van der Waals surface area contributed by atoms with Crippen LogP contribution >= 0.6 is 0 Å². The summed E-state index contributed by atoms with van der Waals surface area (Å²) < 4.78 is 44.6. The third-order valence-corrected chi connectivity index (χ3v) is 2.84. The van der Waals surface area contributed by atoms with Gasteiger partial charge >= 0.3 is 12.1 Å². The SMILES string of the molecule is COC(=O)C1CCCN1CCCOCC(F)(F)F. The fourth-order valence-electron chi connectivity index (χ4n) is 2.05. The molecule has 0 saturated carbocycles. The number of rotatable bonds is 6. The van der Waals surface area contributed by atoms with Gasteiger partial charge in [-0.3, -0.25) is 9.69 Å². The zero-order valence-electron chi connectivity index (χ0n) is 10.3. The molecule has 0 bridgehead atoms. The maximum atomic E-state index is 11.8. The van der Waals surface area contributed by atoms with Crippen molar-refractivity contribution in [3.8, 4) is 0 Å². The van der Waals surface area contributed by atoms with Crippen LogP contribution in [-0.2, 0) is 14.3 Å². The topological polar surface area (TPSA) is 38.8 Å². The first-order valence-electron chi connectivity index (χ1n) is 5.90. The largest absolute Gasteiger partial charge is 0.468 e. The zero-order valence-corrected chi connectivity index (χ0v) is 10.3. The fraction of sp³-hybridized carbons (Fsp3) is 0.909. The Morgan fingerprint density at radius 1 is 1.44 bits per heavy atom. The molecule has 1 aliphatic heterocycles. The molecule has 4 nitrogen and oxygen atoms in total. The highest BCUT2D eigenvalue weighted by atomic mass is 19.4. The second-order valence-corrected chi connectivity index (χ2v) is 4.24. The lowest BCUT2D eigenvalue weighted by Crippen LogP contribution is -2.37. The summed E-state index contributed by atoms with van der Waals surface area (Å²) in [5, 5.41) is 0. The van der Waals surface area contributed by atoms with E-state index in [9.17, 15) is 18.0 Å². The highest BCUT2D eigenvalue weighted by molar-refractivity contribution is 5.75. The number of carbonyl (C=O) groups is 1. The molecule has 1 aliphatic rings. The number of hydrogen-bond donors (Lipinski definition) is 0. The van der Waals surface area contributed by atoms with E-state index >= 15 is 0 Å². The van der Waals surface area contributed by atoms with Crippen LogP contribution in [0.15, 0.2) is 0 Å². The minimum absolute atomic E-state index is 0.0455. The smallest absolute Gasteiger partial charge is 0.411 e. The normalized spacial score (nSPS) is 21.2. The standard InChI is InChI=1S/C11H18F3NO3/c1-17-10(16)9-4-2-5-15(9)6-3-7-18-8-11(12,13)14/h9H,2-8H2,1H3. The number of esters is 1. The van der Waals surface area contributed by atoms with Crippen molar-refractivity contribution >= 4 is 5.97 Å². The number of ether oxygens (including phenoxy) is 2. The Bertz CT molecular complexity index is 271. The monoisotopic (exact) mass is 269 g/mol. The van der Waals surface area contributed by atoms with Crippen molar-refractivity contribution < 1.29 is 27.4 Å². The van der Waals surface area contributed by atoms with Gasteiger partial charge in [0.25, 0.3) is 0 Å². The molecule has 1 saturated heterocycles. The molecular formula is C11H18F3NO3. The summed E-state index contributed by atoms with van der Waals surface area (Å²) in [6.07, 6.45) is -2.15. The number of carbonyl (C=O) groups excluding carboxylic acids is 1. The molecule has 1 heterocycles. The molecule has 0 spiro atoms. The number of likely N-dealkylation sites (tertiary alicyclic amines) is 1. The lowest BCUT2D eigenvalue weighted by Gasteiger charge is -2.22. The number of nitrogens with zero attached hydrogens (tertiary/aromatic N) is 1. The molecule has 1 atom stereocenters. The lowest BCUT2D eigenvalue weighted by atomic mass is 10.2. The van der Waals surface area contributed by atoms with Gasteiger partial charge in [-0.1, -0.05) is 0 Å². The van der Waals surface area contributed by atoms with E-state index in [1.54, 1.807) is 0 Å². The molecule has 18 heavy (non-hydrogen) atoms. The molecule has 1 unspecified atom stereocenters. The van der Waals surface area contributed by atoms with Gasteiger partial charge < -0.3 is 9.47 Å². The van der Waals surface area contributed by atoms with Gasteiger partial charge in [-0.25, -0.2) is 0 Å². The van der Waals surface area contributed by atoms with E-state index < -0.39 is 12.8 Å². The number of methoxy groups -OCH3 is 1. The lowest BCUT2D eigenvalue weighted by molar-refractivity contribution is -0.174. The van der Waals surface area contributed by atoms with Crippen molar-refractivity contribution in [3.63, 3.8) is 0 Å². The highest BCUT2D eigenvalue weighted by Gasteiger charge is 2.31. The minimum Gasteiger partial charge on any atom is -0.468 e. The first kappa shape index (κ1) is 15.2. The second kappa shape index (κ2) is 6.94. The van der Waals surface area contributed by atoms with Crippen molar-refractivity contribution in [3.05, 3.63) is 0 Å². The number of alkyl halides is 3. The van der Waals surface area contributed by atoms with Crippen molar-refractivity contribution in [1.82, 2.24) is 4.90 Å². The molecule has 1 fully saturated rings. The van der Waals surface area contributed by atoms with E-state index in [1.165, 1.54) is 7.11 Å². The highest BCUT2D eigenvalue weighted by Crippen LogP contribution is 2.19. The van der Waals surface area contributed by atoms with Gasteiger partial charge in [-0.15, -0.1) is 0 Å². The second-order valence-electron chi connectivity index (χ2n) is 4.24. The van der Waals surface area contributed by atoms with E-state index in [-0.39, 0.29) is 18.6 Å². The molecule has 106 valence electrons. The van der Waals surface area contributed by atoms with Crippen molar-refractivity contribution in [2.45, 2.75) is 31.5 Å². The maximum absolute atomic E-state index is 11.8.